The van der Waals surface area contributed by atoms with Crippen molar-refractivity contribution in [1.29, 1.82) is 5.26 Å². The van der Waals surface area contributed by atoms with Gasteiger partial charge in [0.05, 0.1) is 12.3 Å². The van der Waals surface area contributed by atoms with E-state index in [1.54, 1.807) is 32.0 Å². The Kier molecular flexibility index (Phi) is 4.29. The Hall–Kier alpha value is -2.32. The highest BCUT2D eigenvalue weighted by molar-refractivity contribution is 6.31. The van der Waals surface area contributed by atoms with Gasteiger partial charge >= 0.3 is 5.97 Å². The summed E-state index contributed by atoms with van der Waals surface area (Å²) in [6.45, 7) is 3.91. The van der Waals surface area contributed by atoms with Gasteiger partial charge in [0.2, 0.25) is 0 Å². The smallest absolute Gasteiger partial charge is 0.351 e. The van der Waals surface area contributed by atoms with E-state index in [0.717, 1.165) is 0 Å². The Bertz CT molecular complexity index is 689. The Morgan fingerprint density at radius 3 is 2.67 bits per heavy atom. The van der Waals surface area contributed by atoms with Crippen molar-refractivity contribution in [3.05, 3.63) is 39.9 Å². The summed E-state index contributed by atoms with van der Waals surface area (Å²) in [5.74, 6) is -0.995. The monoisotopic (exact) mass is 304 g/mol. The number of benzene rings is 1. The summed E-state index contributed by atoms with van der Waals surface area (Å²) in [6, 6.07) is 6.62. The second-order valence-corrected chi connectivity index (χ2v) is 4.73. The highest BCUT2D eigenvalue weighted by Crippen LogP contribution is 2.36. The van der Waals surface area contributed by atoms with Crippen molar-refractivity contribution < 1.29 is 14.3 Å². The van der Waals surface area contributed by atoms with Gasteiger partial charge in [0, 0.05) is 22.7 Å². The van der Waals surface area contributed by atoms with Crippen LogP contribution in [0.1, 0.15) is 29.8 Å². The predicted molar refractivity (Wildman–Crippen MR) is 77.3 cm³/mol. The molecule has 0 aliphatic carbocycles. The molecule has 21 heavy (non-hydrogen) atoms. The van der Waals surface area contributed by atoms with E-state index in [9.17, 15) is 14.9 Å². The molecule has 0 N–H and O–H groups in total. The van der Waals surface area contributed by atoms with Gasteiger partial charge in [0.25, 0.3) is 5.91 Å². The van der Waals surface area contributed by atoms with E-state index in [1.165, 1.54) is 4.90 Å². The molecule has 6 heteroatoms. The number of ether oxygens (including phenoxy) is 1. The number of carbonyl (C=O) groups is 2. The second kappa shape index (κ2) is 5.98. The maximum atomic E-state index is 12.3. The fourth-order valence-electron chi connectivity index (χ4n) is 2.26. The van der Waals surface area contributed by atoms with Gasteiger partial charge in [0.15, 0.2) is 5.57 Å². The third-order valence-corrected chi connectivity index (χ3v) is 3.36. The number of rotatable bonds is 3. The summed E-state index contributed by atoms with van der Waals surface area (Å²) in [4.78, 5) is 25.7. The zero-order chi connectivity index (χ0) is 15.6. The molecule has 5 nitrogen and oxygen atoms in total. The van der Waals surface area contributed by atoms with Crippen molar-refractivity contribution in [3.63, 3.8) is 0 Å². The van der Waals surface area contributed by atoms with Crippen LogP contribution in [-0.4, -0.2) is 29.9 Å². The molecule has 0 bridgehead atoms. The van der Waals surface area contributed by atoms with E-state index in [-0.39, 0.29) is 23.8 Å². The van der Waals surface area contributed by atoms with E-state index >= 15 is 0 Å². The Morgan fingerprint density at radius 1 is 1.38 bits per heavy atom. The van der Waals surface area contributed by atoms with Crippen LogP contribution < -0.4 is 0 Å². The maximum absolute atomic E-state index is 12.3. The summed E-state index contributed by atoms with van der Waals surface area (Å²) in [5, 5.41) is 9.73. The van der Waals surface area contributed by atoms with E-state index < -0.39 is 5.97 Å². The lowest BCUT2D eigenvalue weighted by Crippen LogP contribution is -2.25. The molecule has 0 radical (unpaired) electrons. The molecule has 2 rings (SSSR count). The van der Waals surface area contributed by atoms with E-state index in [2.05, 4.69) is 0 Å². The zero-order valence-electron chi connectivity index (χ0n) is 11.6. The SMILES string of the molecule is CCOC(=O)/C(C#N)=C1/c2cc(Cl)ccc2C(=O)N1CC. The van der Waals surface area contributed by atoms with Crippen LogP contribution in [0.25, 0.3) is 5.70 Å². The van der Waals surface area contributed by atoms with E-state index in [0.29, 0.717) is 22.7 Å². The molecule has 1 aliphatic rings. The van der Waals surface area contributed by atoms with Gasteiger partial charge in [-0.1, -0.05) is 11.6 Å². The molecule has 1 aliphatic heterocycles. The van der Waals surface area contributed by atoms with Gasteiger partial charge in [-0.3, -0.25) is 4.79 Å². The number of esters is 1. The Morgan fingerprint density at radius 2 is 2.10 bits per heavy atom. The van der Waals surface area contributed by atoms with Crippen LogP contribution in [0.3, 0.4) is 0 Å². The minimum absolute atomic E-state index is 0.153. The van der Waals surface area contributed by atoms with Gasteiger partial charge in [-0.2, -0.15) is 5.26 Å². The molecule has 0 fully saturated rings. The number of hydrogen-bond donors (Lipinski definition) is 0. The first-order valence-corrected chi connectivity index (χ1v) is 6.86. The average Bonchev–Trinajstić information content (AvgIpc) is 2.72. The van der Waals surface area contributed by atoms with Crippen LogP contribution in [0.15, 0.2) is 23.8 Å². The summed E-state index contributed by atoms with van der Waals surface area (Å²) in [7, 11) is 0. The minimum Gasteiger partial charge on any atom is -0.462 e. The highest BCUT2D eigenvalue weighted by atomic mass is 35.5. The molecular weight excluding hydrogens is 292 g/mol. The number of fused-ring (bicyclic) bond motifs is 1. The number of amides is 1. The molecule has 0 saturated heterocycles. The lowest BCUT2D eigenvalue weighted by Gasteiger charge is -2.16. The van der Waals surface area contributed by atoms with E-state index in [1.807, 2.05) is 6.07 Å². The zero-order valence-corrected chi connectivity index (χ0v) is 12.4. The van der Waals surface area contributed by atoms with Crippen LogP contribution in [0.5, 0.6) is 0 Å². The number of halogens is 1. The molecule has 0 atom stereocenters. The van der Waals surface area contributed by atoms with Crippen LogP contribution in [0, 0.1) is 11.3 Å². The van der Waals surface area contributed by atoms with Crippen molar-refractivity contribution >= 4 is 29.2 Å². The molecule has 1 aromatic carbocycles. The van der Waals surface area contributed by atoms with Gasteiger partial charge in [-0.25, -0.2) is 4.79 Å². The van der Waals surface area contributed by atoms with Gasteiger partial charge < -0.3 is 9.64 Å². The standard InChI is InChI=1S/C15H13ClN2O3/c1-3-18-13(12(8-17)15(20)21-4-2)11-7-9(16)5-6-10(11)14(18)19/h5-7H,3-4H2,1-2H3/b13-12-. The van der Waals surface area contributed by atoms with Gasteiger partial charge in [0.1, 0.15) is 6.07 Å². The molecule has 1 amide bonds. The molecule has 0 saturated carbocycles. The maximum Gasteiger partial charge on any atom is 0.351 e. The first kappa shape index (κ1) is 15.1. The van der Waals surface area contributed by atoms with Crippen molar-refractivity contribution in [1.82, 2.24) is 4.90 Å². The third kappa shape index (κ3) is 2.50. The van der Waals surface area contributed by atoms with Crippen LogP contribution >= 0.6 is 11.6 Å². The Balaban J connectivity index is 2.71. The van der Waals surface area contributed by atoms with Crippen molar-refractivity contribution in [2.45, 2.75) is 13.8 Å². The molecule has 108 valence electrons. The van der Waals surface area contributed by atoms with Crippen LogP contribution in [0.4, 0.5) is 0 Å². The molecule has 0 aromatic heterocycles. The minimum atomic E-state index is -0.742. The number of nitrogens with zero attached hydrogens (tertiary/aromatic N) is 2. The summed E-state index contributed by atoms with van der Waals surface area (Å²) >= 11 is 5.96. The largest absolute Gasteiger partial charge is 0.462 e. The summed E-state index contributed by atoms with van der Waals surface area (Å²) < 4.78 is 4.89. The van der Waals surface area contributed by atoms with Gasteiger partial charge in [-0.15, -0.1) is 0 Å². The highest BCUT2D eigenvalue weighted by Gasteiger charge is 2.35. The summed E-state index contributed by atoms with van der Waals surface area (Å²) in [5.41, 5.74) is 0.987. The van der Waals surface area contributed by atoms with Crippen molar-refractivity contribution in [2.75, 3.05) is 13.2 Å². The molecule has 0 unspecified atom stereocenters. The van der Waals surface area contributed by atoms with Crippen molar-refractivity contribution in [3.8, 4) is 6.07 Å². The van der Waals surface area contributed by atoms with Gasteiger partial charge in [-0.05, 0) is 32.0 Å². The predicted octanol–water partition coefficient (Wildman–Crippen LogP) is 2.61. The number of nitriles is 1. The second-order valence-electron chi connectivity index (χ2n) is 4.30. The summed E-state index contributed by atoms with van der Waals surface area (Å²) in [6.07, 6.45) is 0. The molecule has 1 aromatic rings. The number of carbonyl (C=O) groups excluding carboxylic acids is 2. The average molecular weight is 305 g/mol. The topological polar surface area (TPSA) is 70.4 Å². The normalized spacial score (nSPS) is 15.5. The Labute approximate surface area is 127 Å². The lowest BCUT2D eigenvalue weighted by atomic mass is 10.0. The van der Waals surface area contributed by atoms with E-state index in [4.69, 9.17) is 16.3 Å². The quantitative estimate of drug-likeness (QED) is 0.489. The van der Waals surface area contributed by atoms with Crippen LogP contribution in [0.2, 0.25) is 5.02 Å². The fraction of sp³-hybridized carbons (Fsp3) is 0.267. The first-order chi connectivity index (χ1) is 10.0. The van der Waals surface area contributed by atoms with Crippen LogP contribution in [-0.2, 0) is 9.53 Å². The molecular formula is C15H13ClN2O3. The lowest BCUT2D eigenvalue weighted by molar-refractivity contribution is -0.137. The van der Waals surface area contributed by atoms with Crippen molar-refractivity contribution in [2.24, 2.45) is 0 Å². The first-order valence-electron chi connectivity index (χ1n) is 6.48. The molecule has 0 spiro atoms. The molecule has 1 heterocycles. The fourth-order valence-corrected chi connectivity index (χ4v) is 2.43. The third-order valence-electron chi connectivity index (χ3n) is 3.13. The number of hydrogen-bond acceptors (Lipinski definition) is 4.